The zero-order valence-corrected chi connectivity index (χ0v) is 21.1. The highest BCUT2D eigenvalue weighted by molar-refractivity contribution is 7.10. The molecule has 1 saturated heterocycles. The number of alkyl halides is 4. The van der Waals surface area contributed by atoms with Crippen molar-refractivity contribution in [3.63, 3.8) is 0 Å². The van der Waals surface area contributed by atoms with Crippen LogP contribution in [0.15, 0.2) is 34.8 Å². The van der Waals surface area contributed by atoms with E-state index in [9.17, 15) is 31.5 Å². The fourth-order valence-electron chi connectivity index (χ4n) is 4.75. The fourth-order valence-corrected chi connectivity index (χ4v) is 5.75. The molecular weight excluding hydrogens is 545 g/mol. The monoisotopic (exact) mass is 567 g/mol. The average molecular weight is 568 g/mol. The molecule has 2 aromatic heterocycles. The minimum atomic E-state index is -3.04. The summed E-state index contributed by atoms with van der Waals surface area (Å²) in [5.74, 6) is -0.981. The molecule has 8 nitrogen and oxygen atoms in total. The van der Waals surface area contributed by atoms with Crippen LogP contribution < -0.4 is 0 Å². The van der Waals surface area contributed by atoms with Crippen molar-refractivity contribution in [1.82, 2.24) is 19.7 Å². The number of carbonyl (C=O) groups excluding carboxylic acids is 2. The number of oxime groups is 1. The zero-order chi connectivity index (χ0) is 27.7. The van der Waals surface area contributed by atoms with Crippen LogP contribution in [0.5, 0.6) is 0 Å². The number of benzene rings is 1. The number of carbonyl (C=O) groups is 2. The molecule has 14 heteroatoms. The predicted molar refractivity (Wildman–Crippen MR) is 130 cm³/mol. The van der Waals surface area contributed by atoms with Gasteiger partial charge >= 0.3 is 0 Å². The van der Waals surface area contributed by atoms with Crippen LogP contribution in [0, 0.1) is 5.82 Å². The van der Waals surface area contributed by atoms with Crippen LogP contribution in [0.1, 0.15) is 82.1 Å². The maximum Gasteiger partial charge on any atom is 0.282 e. The van der Waals surface area contributed by atoms with E-state index in [4.69, 9.17) is 4.84 Å². The van der Waals surface area contributed by atoms with Crippen molar-refractivity contribution in [2.24, 2.45) is 5.16 Å². The van der Waals surface area contributed by atoms with Gasteiger partial charge in [-0.25, -0.2) is 26.9 Å². The van der Waals surface area contributed by atoms with E-state index in [0.29, 0.717) is 54.4 Å². The Morgan fingerprint density at radius 3 is 2.64 bits per heavy atom. The van der Waals surface area contributed by atoms with Crippen molar-refractivity contribution >= 4 is 29.2 Å². The van der Waals surface area contributed by atoms with Gasteiger partial charge in [-0.2, -0.15) is 5.10 Å². The summed E-state index contributed by atoms with van der Waals surface area (Å²) in [5.41, 5.74) is -0.0371. The summed E-state index contributed by atoms with van der Waals surface area (Å²) in [7, 11) is 0. The number of rotatable bonds is 8. The molecule has 1 unspecified atom stereocenters. The summed E-state index contributed by atoms with van der Waals surface area (Å²) < 4.78 is 67.3. The normalized spacial score (nSPS) is 18.1. The number of likely N-dealkylation sites (tertiary alicyclic amines) is 1. The molecule has 1 atom stereocenters. The van der Waals surface area contributed by atoms with E-state index >= 15 is 0 Å². The Morgan fingerprint density at radius 2 is 1.95 bits per heavy atom. The first-order chi connectivity index (χ1) is 18.7. The third kappa shape index (κ3) is 5.56. The minimum Gasteiger partial charge on any atom is -0.387 e. The van der Waals surface area contributed by atoms with Crippen LogP contribution in [0.3, 0.4) is 0 Å². The molecule has 0 bridgehead atoms. The largest absolute Gasteiger partial charge is 0.387 e. The maximum absolute atomic E-state index is 14.4. The van der Waals surface area contributed by atoms with E-state index in [1.165, 1.54) is 34.4 Å². The molecule has 1 amide bonds. The molecule has 0 aliphatic carbocycles. The molecule has 206 valence electrons. The molecule has 1 aromatic carbocycles. The molecule has 1 fully saturated rings. The van der Waals surface area contributed by atoms with E-state index in [1.54, 1.807) is 0 Å². The number of halogens is 5. The van der Waals surface area contributed by atoms with Crippen LogP contribution in [0.25, 0.3) is 0 Å². The SMILES string of the molecule is O=Cc1cccc(F)c1C1CC(c2csc(C3CCN(C(=O)Cn4nc(C(F)F)cc4C(F)F)CC3)n2)=NO1. The third-order valence-corrected chi connectivity index (χ3v) is 7.79. The van der Waals surface area contributed by atoms with E-state index in [2.05, 4.69) is 15.2 Å². The van der Waals surface area contributed by atoms with Crippen molar-refractivity contribution in [1.29, 1.82) is 0 Å². The molecule has 0 saturated carbocycles. The first-order valence-corrected chi connectivity index (χ1v) is 13.0. The van der Waals surface area contributed by atoms with Crippen molar-refractivity contribution in [3.05, 3.63) is 68.7 Å². The lowest BCUT2D eigenvalue weighted by Crippen LogP contribution is -2.40. The Bertz CT molecular complexity index is 1400. The second-order valence-corrected chi connectivity index (χ2v) is 10.1. The summed E-state index contributed by atoms with van der Waals surface area (Å²) in [6, 6.07) is 4.84. The van der Waals surface area contributed by atoms with Gasteiger partial charge in [0.1, 0.15) is 29.5 Å². The summed E-state index contributed by atoms with van der Waals surface area (Å²) >= 11 is 1.42. The van der Waals surface area contributed by atoms with Gasteiger partial charge in [-0.05, 0) is 25.0 Å². The number of amides is 1. The van der Waals surface area contributed by atoms with Gasteiger partial charge in [0.25, 0.3) is 12.9 Å². The summed E-state index contributed by atoms with van der Waals surface area (Å²) in [4.78, 5) is 35.6. The van der Waals surface area contributed by atoms with E-state index in [1.807, 2.05) is 5.38 Å². The molecular formula is C25H22F5N5O3S. The molecule has 0 spiro atoms. The topological polar surface area (TPSA) is 89.7 Å². The number of piperidine rings is 1. The molecule has 0 N–H and O–H groups in total. The number of nitrogens with zero attached hydrogens (tertiary/aromatic N) is 5. The molecule has 5 rings (SSSR count). The van der Waals surface area contributed by atoms with Crippen LogP contribution in [-0.2, 0) is 16.2 Å². The Hall–Kier alpha value is -3.68. The maximum atomic E-state index is 14.4. The number of hydrogen-bond acceptors (Lipinski definition) is 7. The molecule has 39 heavy (non-hydrogen) atoms. The summed E-state index contributed by atoms with van der Waals surface area (Å²) in [6.45, 7) is 0.145. The fraction of sp³-hybridized carbons (Fsp3) is 0.400. The van der Waals surface area contributed by atoms with Gasteiger partial charge < -0.3 is 9.74 Å². The molecule has 4 heterocycles. The summed E-state index contributed by atoms with van der Waals surface area (Å²) in [5, 5.41) is 10.2. The molecule has 2 aliphatic heterocycles. The third-order valence-electron chi connectivity index (χ3n) is 6.78. The van der Waals surface area contributed by atoms with Gasteiger partial charge in [-0.15, -0.1) is 11.3 Å². The van der Waals surface area contributed by atoms with Gasteiger partial charge in [0.2, 0.25) is 5.91 Å². The van der Waals surface area contributed by atoms with Gasteiger partial charge in [0, 0.05) is 41.9 Å². The number of aldehydes is 1. The van der Waals surface area contributed by atoms with E-state index < -0.39 is 48.6 Å². The number of aromatic nitrogens is 3. The molecule has 3 aromatic rings. The minimum absolute atomic E-state index is 0.0477. The number of hydrogen-bond donors (Lipinski definition) is 0. The van der Waals surface area contributed by atoms with Crippen molar-refractivity contribution in [2.45, 2.75) is 50.7 Å². The van der Waals surface area contributed by atoms with Crippen LogP contribution >= 0.6 is 11.3 Å². The lowest BCUT2D eigenvalue weighted by Gasteiger charge is -2.31. The lowest BCUT2D eigenvalue weighted by atomic mass is 9.97. The van der Waals surface area contributed by atoms with Gasteiger partial charge in [0.15, 0.2) is 12.4 Å². The van der Waals surface area contributed by atoms with Gasteiger partial charge in [-0.3, -0.25) is 14.3 Å². The average Bonchev–Trinajstić information content (AvgIpc) is 3.68. The highest BCUT2D eigenvalue weighted by atomic mass is 32.1. The standard InChI is InChI=1S/C25H22F5N5O3S/c26-15-3-1-2-14(11-36)22(15)20-9-16(33-38-20)18-12-39-25(31-18)13-4-6-34(7-5-13)21(37)10-35-19(24(29)30)8-17(32-35)23(27)28/h1-3,8,11-13,20,23-24H,4-7,9-10H2. The molecule has 0 radical (unpaired) electrons. The van der Waals surface area contributed by atoms with Crippen LogP contribution in [-0.4, -0.2) is 50.7 Å². The van der Waals surface area contributed by atoms with Crippen molar-refractivity contribution in [2.75, 3.05) is 13.1 Å². The Balaban J connectivity index is 1.18. The van der Waals surface area contributed by atoms with E-state index in [0.717, 1.165) is 5.01 Å². The predicted octanol–water partition coefficient (Wildman–Crippen LogP) is 5.44. The van der Waals surface area contributed by atoms with Gasteiger partial charge in [-0.1, -0.05) is 17.3 Å². The highest BCUT2D eigenvalue weighted by Crippen LogP contribution is 2.35. The Morgan fingerprint density at radius 1 is 1.18 bits per heavy atom. The highest BCUT2D eigenvalue weighted by Gasteiger charge is 2.32. The molecule has 2 aliphatic rings. The number of thiazole rings is 1. The van der Waals surface area contributed by atoms with Gasteiger partial charge in [0.05, 0.1) is 10.7 Å². The first-order valence-electron chi connectivity index (χ1n) is 12.1. The quantitative estimate of drug-likeness (QED) is 0.267. The Kier molecular flexibility index (Phi) is 7.73. The second-order valence-electron chi connectivity index (χ2n) is 9.18. The van der Waals surface area contributed by atoms with Crippen LogP contribution in [0.2, 0.25) is 0 Å². The lowest BCUT2D eigenvalue weighted by molar-refractivity contribution is -0.133. The smallest absolute Gasteiger partial charge is 0.282 e. The zero-order valence-electron chi connectivity index (χ0n) is 20.3. The first kappa shape index (κ1) is 26.9. The van der Waals surface area contributed by atoms with Crippen LogP contribution in [0.4, 0.5) is 22.0 Å². The second kappa shape index (κ2) is 11.2. The summed E-state index contributed by atoms with van der Waals surface area (Å²) in [6.07, 6.45) is -4.82. The van der Waals surface area contributed by atoms with E-state index in [-0.39, 0.29) is 23.5 Å². The van der Waals surface area contributed by atoms with Crippen molar-refractivity contribution < 1.29 is 36.4 Å². The Labute approximate surface area is 223 Å². The van der Waals surface area contributed by atoms with Crippen molar-refractivity contribution in [3.8, 4) is 0 Å².